The normalized spacial score (nSPS) is 12.3. The van der Waals surface area contributed by atoms with E-state index in [0.717, 1.165) is 17.1 Å². The van der Waals surface area contributed by atoms with Crippen molar-refractivity contribution >= 4 is 21.3 Å². The Balaban J connectivity index is 0.000000238. The molecule has 0 aliphatic carbocycles. The molecule has 3 aromatic carbocycles. The molecule has 0 spiro atoms. The molecule has 0 aliphatic heterocycles. The molecule has 8 heteroatoms. The van der Waals surface area contributed by atoms with Gasteiger partial charge in [-0.2, -0.15) is 0 Å². The molecule has 0 heterocycles. The Hall–Kier alpha value is -2.68. The number of ether oxygens (including phenoxy) is 1. The summed E-state index contributed by atoms with van der Waals surface area (Å²) >= 11 is 0. The molecular formula is C25H30O6S2. The van der Waals surface area contributed by atoms with E-state index in [-0.39, 0.29) is 22.1 Å². The molecule has 3 aromatic rings. The Kier molecular flexibility index (Phi) is 9.22. The van der Waals surface area contributed by atoms with E-state index >= 15 is 0 Å². The number of benzene rings is 3. The van der Waals surface area contributed by atoms with Gasteiger partial charge in [-0.1, -0.05) is 45.0 Å². The molecule has 0 aromatic heterocycles. The van der Waals surface area contributed by atoms with Crippen LogP contribution in [0, 0.1) is 0 Å². The summed E-state index contributed by atoms with van der Waals surface area (Å²) in [6.07, 6.45) is 2.21. The SMILES string of the molecule is CC(C)(C)c1ccc(OS(=O)(=O)[O-])cc1.COc1cccc(C[S+](C)c2ccc(O)cc2)c1. The number of rotatable bonds is 6. The molecule has 3 rings (SSSR count). The Morgan fingerprint density at radius 1 is 0.939 bits per heavy atom. The largest absolute Gasteiger partial charge is 0.716 e. The van der Waals surface area contributed by atoms with Gasteiger partial charge in [0.25, 0.3) is 10.4 Å². The number of hydrogen-bond acceptors (Lipinski definition) is 6. The van der Waals surface area contributed by atoms with E-state index in [0.29, 0.717) is 5.75 Å². The van der Waals surface area contributed by atoms with E-state index in [2.05, 4.69) is 22.6 Å². The van der Waals surface area contributed by atoms with Crippen molar-refractivity contribution in [2.24, 2.45) is 0 Å². The molecular weight excluding hydrogens is 460 g/mol. The van der Waals surface area contributed by atoms with Crippen molar-refractivity contribution < 1.29 is 27.0 Å². The summed E-state index contributed by atoms with van der Waals surface area (Å²) < 4.78 is 40.3. The maximum atomic E-state index is 10.3. The molecule has 33 heavy (non-hydrogen) atoms. The number of hydrogen-bond donors (Lipinski definition) is 1. The van der Waals surface area contributed by atoms with Crippen molar-refractivity contribution in [2.45, 2.75) is 36.8 Å². The second-order valence-electron chi connectivity index (χ2n) is 8.39. The zero-order chi connectivity index (χ0) is 24.6. The van der Waals surface area contributed by atoms with Gasteiger partial charge in [0.1, 0.15) is 29.3 Å². The fraction of sp³-hybridized carbons (Fsp3) is 0.280. The van der Waals surface area contributed by atoms with Gasteiger partial charge in [-0.3, -0.25) is 0 Å². The molecule has 0 radical (unpaired) electrons. The van der Waals surface area contributed by atoms with Crippen LogP contribution in [0.3, 0.4) is 0 Å². The zero-order valence-electron chi connectivity index (χ0n) is 19.4. The van der Waals surface area contributed by atoms with Crippen LogP contribution in [-0.4, -0.2) is 31.4 Å². The van der Waals surface area contributed by atoms with Gasteiger partial charge in [0.2, 0.25) is 0 Å². The quantitative estimate of drug-likeness (QED) is 0.296. The van der Waals surface area contributed by atoms with Gasteiger partial charge in [0, 0.05) is 16.5 Å². The highest BCUT2D eigenvalue weighted by Crippen LogP contribution is 2.25. The van der Waals surface area contributed by atoms with Crippen molar-refractivity contribution in [2.75, 3.05) is 13.4 Å². The fourth-order valence-electron chi connectivity index (χ4n) is 2.90. The summed E-state index contributed by atoms with van der Waals surface area (Å²) in [5.41, 5.74) is 2.29. The zero-order valence-corrected chi connectivity index (χ0v) is 21.1. The summed E-state index contributed by atoms with van der Waals surface area (Å²) in [5, 5.41) is 9.28. The molecule has 0 amide bonds. The van der Waals surface area contributed by atoms with Gasteiger partial charge in [-0.25, -0.2) is 8.42 Å². The summed E-state index contributed by atoms with van der Waals surface area (Å²) in [6.45, 7) is 6.10. The highest BCUT2D eigenvalue weighted by atomic mass is 32.3. The van der Waals surface area contributed by atoms with Crippen molar-refractivity contribution in [3.05, 3.63) is 83.9 Å². The van der Waals surface area contributed by atoms with Crippen LogP contribution < -0.4 is 8.92 Å². The van der Waals surface area contributed by atoms with E-state index in [9.17, 15) is 18.1 Å². The van der Waals surface area contributed by atoms with E-state index in [1.54, 1.807) is 31.4 Å². The maximum absolute atomic E-state index is 10.3. The minimum atomic E-state index is -4.68. The topological polar surface area (TPSA) is 95.9 Å². The molecule has 1 atom stereocenters. The van der Waals surface area contributed by atoms with Gasteiger partial charge in [0.15, 0.2) is 4.90 Å². The Labute approximate surface area is 199 Å². The van der Waals surface area contributed by atoms with Crippen LogP contribution in [0.4, 0.5) is 0 Å². The standard InChI is InChI=1S/C15H16O2S.C10H14O4S/c1-17-14-5-3-4-12(10-14)11-18(2)15-8-6-13(16)7-9-15;1-10(2,3)8-4-6-9(7-5-8)14-15(11,12)13/h3-10H,11H2,1-2H3;4-7H,1-3H3,(H,11,12,13). The Morgan fingerprint density at radius 3 is 2.06 bits per heavy atom. The van der Waals surface area contributed by atoms with Crippen molar-refractivity contribution in [3.63, 3.8) is 0 Å². The van der Waals surface area contributed by atoms with Crippen LogP contribution >= 0.6 is 0 Å². The third-order valence-electron chi connectivity index (χ3n) is 4.68. The first-order valence-corrected chi connectivity index (χ1v) is 13.3. The number of phenols is 1. The van der Waals surface area contributed by atoms with Crippen molar-refractivity contribution in [1.82, 2.24) is 0 Å². The third kappa shape index (κ3) is 9.37. The first kappa shape index (κ1) is 26.6. The molecule has 0 bridgehead atoms. The van der Waals surface area contributed by atoms with Gasteiger partial charge < -0.3 is 18.6 Å². The molecule has 0 aliphatic rings. The summed E-state index contributed by atoms with van der Waals surface area (Å²) in [4.78, 5) is 1.26. The van der Waals surface area contributed by atoms with Gasteiger partial charge in [-0.05, 0) is 59.5 Å². The third-order valence-corrected chi connectivity index (χ3v) is 6.91. The summed E-state index contributed by atoms with van der Waals surface area (Å²) in [5.74, 6) is 2.24. The molecule has 0 saturated heterocycles. The number of phenolic OH excluding ortho intramolecular Hbond substituents is 1. The average molecular weight is 491 g/mol. The van der Waals surface area contributed by atoms with Crippen molar-refractivity contribution in [1.29, 1.82) is 0 Å². The lowest BCUT2D eigenvalue weighted by Crippen LogP contribution is -2.11. The average Bonchev–Trinajstić information content (AvgIpc) is 2.73. The van der Waals surface area contributed by atoms with E-state index in [1.165, 1.54) is 22.6 Å². The lowest BCUT2D eigenvalue weighted by Gasteiger charge is -2.19. The minimum Gasteiger partial charge on any atom is -0.716 e. The predicted molar refractivity (Wildman–Crippen MR) is 132 cm³/mol. The first-order chi connectivity index (χ1) is 15.4. The summed E-state index contributed by atoms with van der Waals surface area (Å²) in [7, 11) is -2.86. The number of methoxy groups -OCH3 is 1. The molecule has 1 N–H and O–H groups in total. The predicted octanol–water partition coefficient (Wildman–Crippen LogP) is 5.03. The highest BCUT2D eigenvalue weighted by Gasteiger charge is 2.16. The van der Waals surface area contributed by atoms with Crippen molar-refractivity contribution in [3.8, 4) is 17.2 Å². The van der Waals surface area contributed by atoms with Crippen LogP contribution in [0.2, 0.25) is 0 Å². The second-order valence-corrected chi connectivity index (χ2v) is 11.4. The molecule has 178 valence electrons. The smallest absolute Gasteiger partial charge is 0.262 e. The van der Waals surface area contributed by atoms with Crippen LogP contribution in [0.1, 0.15) is 31.9 Å². The number of aromatic hydroxyl groups is 1. The lowest BCUT2D eigenvalue weighted by molar-refractivity contribution is 0.372. The van der Waals surface area contributed by atoms with E-state index in [1.807, 2.05) is 45.0 Å². The molecule has 0 saturated carbocycles. The minimum absolute atomic E-state index is 0.0190. The molecule has 0 fully saturated rings. The van der Waals surface area contributed by atoms with Crippen LogP contribution in [0.5, 0.6) is 17.2 Å². The lowest BCUT2D eigenvalue weighted by atomic mass is 9.87. The maximum Gasteiger partial charge on any atom is 0.262 e. The Morgan fingerprint density at radius 2 is 1.55 bits per heavy atom. The monoisotopic (exact) mass is 490 g/mol. The van der Waals surface area contributed by atoms with Crippen LogP contribution in [-0.2, 0) is 32.5 Å². The van der Waals surface area contributed by atoms with E-state index < -0.39 is 10.4 Å². The van der Waals surface area contributed by atoms with E-state index in [4.69, 9.17) is 4.74 Å². The first-order valence-electron chi connectivity index (χ1n) is 10.2. The van der Waals surface area contributed by atoms with Gasteiger partial charge in [0.05, 0.1) is 7.11 Å². The summed E-state index contributed by atoms with van der Waals surface area (Å²) in [6, 6.07) is 22.0. The second kappa shape index (κ2) is 11.4. The fourth-order valence-corrected chi connectivity index (χ4v) is 4.70. The highest BCUT2D eigenvalue weighted by molar-refractivity contribution is 7.95. The molecule has 6 nitrogen and oxygen atoms in total. The van der Waals surface area contributed by atoms with Crippen LogP contribution in [0.15, 0.2) is 77.7 Å². The van der Waals surface area contributed by atoms with Crippen LogP contribution in [0.25, 0.3) is 0 Å². The molecule has 1 unspecified atom stereocenters. The van der Waals surface area contributed by atoms with Gasteiger partial charge >= 0.3 is 0 Å². The van der Waals surface area contributed by atoms with Gasteiger partial charge in [-0.15, -0.1) is 0 Å². The Bertz CT molecular complexity index is 1120.